The van der Waals surface area contributed by atoms with Crippen LogP contribution in [0.5, 0.6) is 0 Å². The highest BCUT2D eigenvalue weighted by Crippen LogP contribution is 2.24. The predicted molar refractivity (Wildman–Crippen MR) is 80.6 cm³/mol. The standard InChI is InChI=1S/C16H20FNOS/c1-16(2,3)14-10-20-15(18-14)9-12(19)8-11-6-4-5-7-13(11)17/h4-7,10,12,19H,8-9H2,1-3H3. The van der Waals surface area contributed by atoms with Crippen LogP contribution in [-0.2, 0) is 18.3 Å². The molecule has 0 saturated heterocycles. The van der Waals surface area contributed by atoms with Crippen molar-refractivity contribution in [3.63, 3.8) is 0 Å². The van der Waals surface area contributed by atoms with E-state index in [1.54, 1.807) is 29.5 Å². The van der Waals surface area contributed by atoms with Crippen molar-refractivity contribution in [2.24, 2.45) is 0 Å². The number of hydrogen-bond donors (Lipinski definition) is 1. The minimum atomic E-state index is -0.606. The van der Waals surface area contributed by atoms with Crippen LogP contribution in [0.2, 0.25) is 0 Å². The molecular weight excluding hydrogens is 273 g/mol. The van der Waals surface area contributed by atoms with Gasteiger partial charge in [0.15, 0.2) is 0 Å². The molecule has 0 aliphatic carbocycles. The monoisotopic (exact) mass is 293 g/mol. The lowest BCUT2D eigenvalue weighted by Crippen LogP contribution is -2.16. The summed E-state index contributed by atoms with van der Waals surface area (Å²) in [6, 6.07) is 6.57. The largest absolute Gasteiger partial charge is 0.392 e. The fourth-order valence-electron chi connectivity index (χ4n) is 1.94. The van der Waals surface area contributed by atoms with E-state index in [4.69, 9.17) is 0 Å². The zero-order valence-electron chi connectivity index (χ0n) is 12.1. The first-order valence-corrected chi connectivity index (χ1v) is 7.60. The molecule has 1 aromatic carbocycles. The molecule has 0 amide bonds. The number of aliphatic hydroxyl groups is 1. The topological polar surface area (TPSA) is 33.1 Å². The van der Waals surface area contributed by atoms with Crippen molar-refractivity contribution in [2.75, 3.05) is 0 Å². The van der Waals surface area contributed by atoms with E-state index >= 15 is 0 Å². The van der Waals surface area contributed by atoms with E-state index in [9.17, 15) is 9.50 Å². The van der Waals surface area contributed by atoms with Crippen LogP contribution >= 0.6 is 11.3 Å². The number of benzene rings is 1. The number of rotatable bonds is 4. The molecule has 1 unspecified atom stereocenters. The van der Waals surface area contributed by atoms with Crippen LogP contribution in [0.1, 0.15) is 37.0 Å². The number of halogens is 1. The maximum absolute atomic E-state index is 13.5. The molecule has 1 N–H and O–H groups in total. The molecule has 1 aromatic heterocycles. The van der Waals surface area contributed by atoms with Crippen LogP contribution in [0.3, 0.4) is 0 Å². The molecule has 20 heavy (non-hydrogen) atoms. The number of aliphatic hydroxyl groups excluding tert-OH is 1. The van der Waals surface area contributed by atoms with Gasteiger partial charge < -0.3 is 5.11 Å². The first-order chi connectivity index (χ1) is 9.36. The quantitative estimate of drug-likeness (QED) is 0.932. The molecule has 0 spiro atoms. The van der Waals surface area contributed by atoms with Crippen LogP contribution < -0.4 is 0 Å². The summed E-state index contributed by atoms with van der Waals surface area (Å²) in [4.78, 5) is 4.55. The summed E-state index contributed by atoms with van der Waals surface area (Å²) in [5, 5.41) is 13.0. The first-order valence-electron chi connectivity index (χ1n) is 6.72. The Bertz CT molecular complexity index is 574. The highest BCUT2D eigenvalue weighted by molar-refractivity contribution is 7.09. The van der Waals surface area contributed by atoms with Crippen molar-refractivity contribution in [2.45, 2.75) is 45.1 Å². The molecule has 2 nitrogen and oxygen atoms in total. The van der Waals surface area contributed by atoms with Gasteiger partial charge in [0.25, 0.3) is 0 Å². The van der Waals surface area contributed by atoms with E-state index in [0.717, 1.165) is 10.7 Å². The lowest BCUT2D eigenvalue weighted by atomic mass is 9.93. The molecule has 4 heteroatoms. The molecule has 108 valence electrons. The molecule has 0 aliphatic heterocycles. The second-order valence-corrected chi connectivity index (χ2v) is 6.97. The van der Waals surface area contributed by atoms with Gasteiger partial charge in [-0.3, -0.25) is 0 Å². The summed E-state index contributed by atoms with van der Waals surface area (Å²) >= 11 is 1.55. The summed E-state index contributed by atoms with van der Waals surface area (Å²) in [6.45, 7) is 6.34. The Kier molecular flexibility index (Phi) is 4.55. The maximum atomic E-state index is 13.5. The normalized spacial score (nSPS) is 13.4. The van der Waals surface area contributed by atoms with Gasteiger partial charge in [0.2, 0.25) is 0 Å². The van der Waals surface area contributed by atoms with Gasteiger partial charge in [-0.25, -0.2) is 9.37 Å². The van der Waals surface area contributed by atoms with Crippen molar-refractivity contribution < 1.29 is 9.50 Å². The summed E-state index contributed by atoms with van der Waals surface area (Å²) in [7, 11) is 0. The fourth-order valence-corrected chi connectivity index (χ4v) is 3.03. The predicted octanol–water partition coefficient (Wildman–Crippen LogP) is 3.73. The Morgan fingerprint density at radius 1 is 1.25 bits per heavy atom. The van der Waals surface area contributed by atoms with Gasteiger partial charge in [-0.05, 0) is 11.6 Å². The van der Waals surface area contributed by atoms with Gasteiger partial charge >= 0.3 is 0 Å². The third-order valence-corrected chi connectivity index (χ3v) is 4.01. The van der Waals surface area contributed by atoms with Crippen molar-refractivity contribution in [1.82, 2.24) is 4.98 Å². The first kappa shape index (κ1) is 15.1. The fraction of sp³-hybridized carbons (Fsp3) is 0.438. The average Bonchev–Trinajstić information content (AvgIpc) is 2.80. The van der Waals surface area contributed by atoms with Crippen molar-refractivity contribution >= 4 is 11.3 Å². The van der Waals surface area contributed by atoms with Crippen molar-refractivity contribution in [1.29, 1.82) is 0 Å². The average molecular weight is 293 g/mol. The van der Waals surface area contributed by atoms with E-state index in [1.807, 2.05) is 5.38 Å². The third kappa shape index (κ3) is 3.87. The Hall–Kier alpha value is -1.26. The van der Waals surface area contributed by atoms with Crippen LogP contribution in [0.15, 0.2) is 29.6 Å². The zero-order valence-corrected chi connectivity index (χ0v) is 12.9. The van der Waals surface area contributed by atoms with Crippen LogP contribution in [0.25, 0.3) is 0 Å². The van der Waals surface area contributed by atoms with Gasteiger partial charge in [0, 0.05) is 23.6 Å². The summed E-state index contributed by atoms with van der Waals surface area (Å²) in [5.41, 5.74) is 1.61. The molecule has 0 fully saturated rings. The van der Waals surface area contributed by atoms with E-state index in [2.05, 4.69) is 25.8 Å². The molecule has 2 aromatic rings. The lowest BCUT2D eigenvalue weighted by molar-refractivity contribution is 0.174. The molecule has 0 saturated carbocycles. The van der Waals surface area contributed by atoms with E-state index in [0.29, 0.717) is 18.4 Å². The molecule has 0 bridgehead atoms. The van der Waals surface area contributed by atoms with E-state index in [1.165, 1.54) is 6.07 Å². The van der Waals surface area contributed by atoms with Crippen molar-refractivity contribution in [3.8, 4) is 0 Å². The Morgan fingerprint density at radius 3 is 2.55 bits per heavy atom. The molecule has 0 radical (unpaired) electrons. The van der Waals surface area contributed by atoms with Crippen LogP contribution in [0, 0.1) is 5.82 Å². The number of thiazole rings is 1. The molecule has 0 aliphatic rings. The van der Waals surface area contributed by atoms with Crippen LogP contribution in [0.4, 0.5) is 4.39 Å². The van der Waals surface area contributed by atoms with Crippen molar-refractivity contribution in [3.05, 3.63) is 51.7 Å². The molecule has 2 rings (SSSR count). The number of aromatic nitrogens is 1. The summed E-state index contributed by atoms with van der Waals surface area (Å²) < 4.78 is 13.5. The SMILES string of the molecule is CC(C)(C)c1csc(CC(O)Cc2ccccc2F)n1. The Morgan fingerprint density at radius 2 is 1.95 bits per heavy atom. The second kappa shape index (κ2) is 6.02. The van der Waals surface area contributed by atoms with Gasteiger partial charge in [-0.1, -0.05) is 39.0 Å². The maximum Gasteiger partial charge on any atom is 0.126 e. The third-order valence-electron chi connectivity index (χ3n) is 3.14. The van der Waals surface area contributed by atoms with Gasteiger partial charge in [0.1, 0.15) is 5.82 Å². The number of hydrogen-bond acceptors (Lipinski definition) is 3. The summed E-state index contributed by atoms with van der Waals surface area (Å²) in [6.07, 6.45) is 0.178. The smallest absolute Gasteiger partial charge is 0.126 e. The van der Waals surface area contributed by atoms with Crippen LogP contribution in [-0.4, -0.2) is 16.2 Å². The minimum absolute atomic E-state index is 0.0191. The highest BCUT2D eigenvalue weighted by Gasteiger charge is 2.19. The van der Waals surface area contributed by atoms with Gasteiger partial charge in [-0.15, -0.1) is 11.3 Å². The number of nitrogens with zero attached hydrogens (tertiary/aromatic N) is 1. The Labute approximate surface area is 123 Å². The minimum Gasteiger partial charge on any atom is -0.392 e. The zero-order chi connectivity index (χ0) is 14.8. The van der Waals surface area contributed by atoms with E-state index in [-0.39, 0.29) is 11.2 Å². The summed E-state index contributed by atoms with van der Waals surface area (Å²) in [5.74, 6) is -0.263. The van der Waals surface area contributed by atoms with Gasteiger partial charge in [-0.2, -0.15) is 0 Å². The Balaban J connectivity index is 2.00. The van der Waals surface area contributed by atoms with E-state index < -0.39 is 6.10 Å². The molecular formula is C16H20FNOS. The molecule has 1 atom stereocenters. The highest BCUT2D eigenvalue weighted by atomic mass is 32.1. The second-order valence-electron chi connectivity index (χ2n) is 6.03. The van der Waals surface area contributed by atoms with Gasteiger partial charge in [0.05, 0.1) is 16.8 Å². The molecule has 1 heterocycles. The lowest BCUT2D eigenvalue weighted by Gasteiger charge is -2.14.